The Kier molecular flexibility index (Phi) is 3.47. The number of hydrogen-bond donors (Lipinski definition) is 0. The monoisotopic (exact) mass is 280 g/mol. The third-order valence-electron chi connectivity index (χ3n) is 2.95. The Morgan fingerprint density at radius 3 is 2.67 bits per heavy atom. The highest BCUT2D eigenvalue weighted by molar-refractivity contribution is 6.12. The van der Waals surface area contributed by atoms with E-state index in [0.717, 1.165) is 16.9 Å². The molecule has 0 spiro atoms. The Balaban J connectivity index is 1.89. The zero-order valence-electron chi connectivity index (χ0n) is 11.3. The average Bonchev–Trinajstić information content (AvgIpc) is 2.89. The maximum absolute atomic E-state index is 11.8. The molecule has 0 saturated carbocycles. The summed E-state index contributed by atoms with van der Waals surface area (Å²) in [5, 5.41) is 0. The van der Waals surface area contributed by atoms with E-state index < -0.39 is 5.97 Å². The van der Waals surface area contributed by atoms with Crippen molar-refractivity contribution in [2.24, 2.45) is 4.99 Å². The smallest absolute Gasteiger partial charge is 0.363 e. The van der Waals surface area contributed by atoms with Gasteiger partial charge in [-0.05, 0) is 42.0 Å². The van der Waals surface area contributed by atoms with Crippen molar-refractivity contribution in [3.63, 3.8) is 0 Å². The normalized spacial score (nSPS) is 15.8. The molecular weight excluding hydrogens is 268 g/mol. The number of cyclic esters (lactones) is 1. The third-order valence-corrected chi connectivity index (χ3v) is 2.95. The van der Waals surface area contributed by atoms with Crippen molar-refractivity contribution in [1.82, 2.24) is 4.98 Å². The summed E-state index contributed by atoms with van der Waals surface area (Å²) < 4.78 is 10.3. The van der Waals surface area contributed by atoms with Gasteiger partial charge in [0.2, 0.25) is 5.90 Å². The largest absolute Gasteiger partial charge is 0.497 e. The first-order chi connectivity index (χ1) is 10.3. The number of carbonyl (C=O) groups is 1. The lowest BCUT2D eigenvalue weighted by atomic mass is 10.2. The quantitative estimate of drug-likeness (QED) is 0.640. The Bertz CT molecular complexity index is 719. The van der Waals surface area contributed by atoms with Gasteiger partial charge in [0.05, 0.1) is 7.11 Å². The minimum absolute atomic E-state index is 0.258. The Morgan fingerprint density at radius 2 is 2.00 bits per heavy atom. The lowest BCUT2D eigenvalue weighted by Crippen LogP contribution is -2.05. The molecule has 1 aromatic heterocycles. The van der Waals surface area contributed by atoms with E-state index in [1.807, 2.05) is 6.07 Å². The number of hydrogen-bond acceptors (Lipinski definition) is 5. The number of nitrogens with zero attached hydrogens (tertiary/aromatic N) is 2. The second-order valence-corrected chi connectivity index (χ2v) is 4.35. The van der Waals surface area contributed by atoms with Gasteiger partial charge in [0.1, 0.15) is 5.75 Å². The van der Waals surface area contributed by atoms with Crippen LogP contribution in [0.25, 0.3) is 6.08 Å². The maximum atomic E-state index is 11.8. The van der Waals surface area contributed by atoms with Gasteiger partial charge in [0, 0.05) is 18.0 Å². The predicted octanol–water partition coefficient (Wildman–Crippen LogP) is 2.43. The van der Waals surface area contributed by atoms with Crippen molar-refractivity contribution in [1.29, 1.82) is 0 Å². The summed E-state index contributed by atoms with van der Waals surface area (Å²) in [5.74, 6) is 0.553. The van der Waals surface area contributed by atoms with Gasteiger partial charge >= 0.3 is 5.97 Å². The van der Waals surface area contributed by atoms with Crippen LogP contribution in [0.1, 0.15) is 11.1 Å². The van der Waals surface area contributed by atoms with E-state index in [0.29, 0.717) is 0 Å². The van der Waals surface area contributed by atoms with Crippen LogP contribution >= 0.6 is 0 Å². The van der Waals surface area contributed by atoms with Crippen molar-refractivity contribution < 1.29 is 14.3 Å². The van der Waals surface area contributed by atoms with Crippen molar-refractivity contribution in [2.75, 3.05) is 7.11 Å². The summed E-state index contributed by atoms with van der Waals surface area (Å²) in [6.07, 6.45) is 4.97. The van der Waals surface area contributed by atoms with E-state index in [1.165, 1.54) is 0 Å². The first-order valence-corrected chi connectivity index (χ1v) is 6.33. The summed E-state index contributed by atoms with van der Waals surface area (Å²) in [6.45, 7) is 0. The van der Waals surface area contributed by atoms with Crippen LogP contribution in [0.3, 0.4) is 0 Å². The van der Waals surface area contributed by atoms with Gasteiger partial charge in [-0.3, -0.25) is 4.98 Å². The molecule has 5 nitrogen and oxygen atoms in total. The van der Waals surface area contributed by atoms with Crippen molar-refractivity contribution in [2.45, 2.75) is 0 Å². The molecule has 1 aliphatic heterocycles. The summed E-state index contributed by atoms with van der Waals surface area (Å²) in [7, 11) is 1.59. The molecule has 3 rings (SSSR count). The minimum Gasteiger partial charge on any atom is -0.497 e. The molecule has 0 amide bonds. The summed E-state index contributed by atoms with van der Waals surface area (Å²) in [5.41, 5.74) is 1.77. The summed E-state index contributed by atoms with van der Waals surface area (Å²) >= 11 is 0. The van der Waals surface area contributed by atoms with E-state index in [9.17, 15) is 4.79 Å². The van der Waals surface area contributed by atoms with Crippen molar-refractivity contribution in [3.05, 3.63) is 65.6 Å². The number of rotatable bonds is 3. The Morgan fingerprint density at radius 1 is 1.19 bits per heavy atom. The van der Waals surface area contributed by atoms with E-state index >= 15 is 0 Å². The first-order valence-electron chi connectivity index (χ1n) is 6.33. The molecule has 5 heteroatoms. The minimum atomic E-state index is -0.468. The highest BCUT2D eigenvalue weighted by Gasteiger charge is 2.24. The zero-order chi connectivity index (χ0) is 14.7. The number of aliphatic imine (C=N–C) groups is 1. The molecule has 0 fully saturated rings. The predicted molar refractivity (Wildman–Crippen MR) is 77.8 cm³/mol. The van der Waals surface area contributed by atoms with Crippen LogP contribution in [0.2, 0.25) is 0 Å². The fraction of sp³-hybridized carbons (Fsp3) is 0.0625. The molecular formula is C16H12N2O3. The molecule has 2 heterocycles. The second-order valence-electron chi connectivity index (χ2n) is 4.35. The highest BCUT2D eigenvalue weighted by Crippen LogP contribution is 2.20. The Hall–Kier alpha value is -2.95. The molecule has 0 N–H and O–H groups in total. The lowest BCUT2D eigenvalue weighted by molar-refractivity contribution is -0.129. The van der Waals surface area contributed by atoms with E-state index in [2.05, 4.69) is 9.98 Å². The lowest BCUT2D eigenvalue weighted by Gasteiger charge is -2.01. The van der Waals surface area contributed by atoms with Gasteiger partial charge in [-0.15, -0.1) is 0 Å². The van der Waals surface area contributed by atoms with Crippen LogP contribution in [-0.2, 0) is 9.53 Å². The number of esters is 1. The number of pyridine rings is 1. The first kappa shape index (κ1) is 13.1. The molecule has 21 heavy (non-hydrogen) atoms. The highest BCUT2D eigenvalue weighted by atomic mass is 16.6. The summed E-state index contributed by atoms with van der Waals surface area (Å²) in [6, 6.07) is 10.8. The Labute approximate surface area is 121 Å². The van der Waals surface area contributed by atoms with E-state index in [1.54, 1.807) is 55.9 Å². The fourth-order valence-electron chi connectivity index (χ4n) is 1.89. The van der Waals surface area contributed by atoms with Gasteiger partial charge < -0.3 is 9.47 Å². The topological polar surface area (TPSA) is 60.8 Å². The molecule has 1 aliphatic rings. The van der Waals surface area contributed by atoms with Crippen LogP contribution in [0.5, 0.6) is 5.75 Å². The number of methoxy groups -OCH3 is 1. The standard InChI is InChI=1S/C16H12N2O3/c1-20-13-6-4-12(5-7-13)15-18-14(16(19)21-15)9-11-3-2-8-17-10-11/h2-10H,1H3/b14-9+. The molecule has 0 bridgehead atoms. The molecule has 0 atom stereocenters. The molecule has 0 radical (unpaired) electrons. The summed E-state index contributed by atoms with van der Waals surface area (Å²) in [4.78, 5) is 20.1. The number of ether oxygens (including phenoxy) is 2. The SMILES string of the molecule is COc1ccc(C2=N/C(=C/c3cccnc3)C(=O)O2)cc1. The van der Waals surface area contributed by atoms with Crippen molar-refractivity contribution in [3.8, 4) is 5.75 Å². The zero-order valence-corrected chi connectivity index (χ0v) is 11.3. The molecule has 0 unspecified atom stereocenters. The van der Waals surface area contributed by atoms with Gasteiger partial charge in [-0.2, -0.15) is 0 Å². The van der Waals surface area contributed by atoms with Gasteiger partial charge in [-0.25, -0.2) is 9.79 Å². The van der Waals surface area contributed by atoms with E-state index in [4.69, 9.17) is 9.47 Å². The number of carbonyl (C=O) groups excluding carboxylic acids is 1. The van der Waals surface area contributed by atoms with Gasteiger partial charge in [0.25, 0.3) is 0 Å². The molecule has 0 aliphatic carbocycles. The number of benzene rings is 1. The molecule has 2 aromatic rings. The molecule has 0 saturated heterocycles. The van der Waals surface area contributed by atoms with E-state index in [-0.39, 0.29) is 11.6 Å². The fourth-order valence-corrected chi connectivity index (χ4v) is 1.89. The van der Waals surface area contributed by atoms with Crippen LogP contribution < -0.4 is 4.74 Å². The van der Waals surface area contributed by atoms with Crippen LogP contribution in [0.4, 0.5) is 0 Å². The molecule has 1 aromatic carbocycles. The van der Waals surface area contributed by atoms with Gasteiger partial charge in [-0.1, -0.05) is 6.07 Å². The van der Waals surface area contributed by atoms with Crippen molar-refractivity contribution >= 4 is 17.9 Å². The average molecular weight is 280 g/mol. The van der Waals surface area contributed by atoms with Crippen LogP contribution in [-0.4, -0.2) is 24.0 Å². The van der Waals surface area contributed by atoms with Crippen LogP contribution in [0.15, 0.2) is 59.5 Å². The van der Waals surface area contributed by atoms with Gasteiger partial charge in [0.15, 0.2) is 5.70 Å². The number of aromatic nitrogens is 1. The van der Waals surface area contributed by atoms with Crippen LogP contribution in [0, 0.1) is 0 Å². The molecule has 104 valence electrons. The third kappa shape index (κ3) is 2.81. The maximum Gasteiger partial charge on any atom is 0.363 e. The second kappa shape index (κ2) is 5.58.